The maximum absolute atomic E-state index is 13.6. The fourth-order valence-electron chi connectivity index (χ4n) is 5.48. The van der Waals surface area contributed by atoms with E-state index in [9.17, 15) is 14.4 Å². The SMILES string of the molecule is C=CCOc1cccc(C(=O)N2CCC([C@@]3(CCC)NC(=O)N(C[C@H]4CCCO4)C3=O)CC2)c1. The molecule has 184 valence electrons. The van der Waals surface area contributed by atoms with Crippen LogP contribution in [-0.4, -0.2) is 72.1 Å². The molecule has 0 spiro atoms. The Morgan fingerprint density at radius 3 is 2.76 bits per heavy atom. The molecule has 34 heavy (non-hydrogen) atoms. The molecule has 1 aromatic rings. The van der Waals surface area contributed by atoms with Crippen molar-refractivity contribution >= 4 is 17.8 Å². The van der Waals surface area contributed by atoms with Gasteiger partial charge in [0.05, 0.1) is 12.6 Å². The Balaban J connectivity index is 1.42. The number of carbonyl (C=O) groups is 3. The summed E-state index contributed by atoms with van der Waals surface area (Å²) in [4.78, 5) is 42.7. The second kappa shape index (κ2) is 10.6. The first kappa shape index (κ1) is 24.3. The minimum absolute atomic E-state index is 0.00953. The Kier molecular flexibility index (Phi) is 7.56. The number of hydrogen-bond acceptors (Lipinski definition) is 5. The van der Waals surface area contributed by atoms with Gasteiger partial charge in [0, 0.05) is 25.3 Å². The van der Waals surface area contributed by atoms with Crippen LogP contribution in [0.15, 0.2) is 36.9 Å². The topological polar surface area (TPSA) is 88.2 Å². The molecule has 4 rings (SSSR count). The van der Waals surface area contributed by atoms with Crippen LogP contribution in [0.5, 0.6) is 5.75 Å². The Morgan fingerprint density at radius 1 is 1.29 bits per heavy atom. The predicted molar refractivity (Wildman–Crippen MR) is 128 cm³/mol. The summed E-state index contributed by atoms with van der Waals surface area (Å²) in [5.74, 6) is 0.443. The van der Waals surface area contributed by atoms with Gasteiger partial charge >= 0.3 is 6.03 Å². The summed E-state index contributed by atoms with van der Waals surface area (Å²) in [7, 11) is 0. The second-order valence-electron chi connectivity index (χ2n) is 9.40. The van der Waals surface area contributed by atoms with Crippen LogP contribution in [0.2, 0.25) is 0 Å². The number of likely N-dealkylation sites (tertiary alicyclic amines) is 1. The van der Waals surface area contributed by atoms with E-state index in [0.29, 0.717) is 63.4 Å². The van der Waals surface area contributed by atoms with Gasteiger partial charge in [0.25, 0.3) is 11.8 Å². The number of amides is 4. The molecule has 8 nitrogen and oxygen atoms in total. The molecule has 0 unspecified atom stereocenters. The molecule has 3 aliphatic heterocycles. The van der Waals surface area contributed by atoms with Gasteiger partial charge in [-0.1, -0.05) is 32.1 Å². The van der Waals surface area contributed by atoms with Crippen molar-refractivity contribution in [2.24, 2.45) is 5.92 Å². The molecule has 3 saturated heterocycles. The summed E-state index contributed by atoms with van der Waals surface area (Å²) in [6.07, 6.45) is 6.14. The Labute approximate surface area is 201 Å². The van der Waals surface area contributed by atoms with E-state index in [1.165, 1.54) is 4.90 Å². The highest BCUT2D eigenvalue weighted by atomic mass is 16.5. The maximum atomic E-state index is 13.6. The van der Waals surface area contributed by atoms with E-state index in [0.717, 1.165) is 19.3 Å². The maximum Gasteiger partial charge on any atom is 0.325 e. The molecule has 2 atom stereocenters. The molecule has 4 amide bonds. The summed E-state index contributed by atoms with van der Waals surface area (Å²) >= 11 is 0. The lowest BCUT2D eigenvalue weighted by Crippen LogP contribution is -2.56. The molecule has 1 N–H and O–H groups in total. The molecule has 3 fully saturated rings. The zero-order chi connectivity index (χ0) is 24.1. The van der Waals surface area contributed by atoms with Crippen molar-refractivity contribution in [3.63, 3.8) is 0 Å². The largest absolute Gasteiger partial charge is 0.490 e. The summed E-state index contributed by atoms with van der Waals surface area (Å²) in [6, 6.07) is 6.85. The first-order valence-corrected chi connectivity index (χ1v) is 12.4. The zero-order valence-electron chi connectivity index (χ0n) is 20.0. The average Bonchev–Trinajstić information content (AvgIpc) is 3.46. The van der Waals surface area contributed by atoms with Gasteiger partial charge in [-0.3, -0.25) is 14.5 Å². The van der Waals surface area contributed by atoms with E-state index in [4.69, 9.17) is 9.47 Å². The standard InChI is InChI=1S/C26H35N3O5/c1-3-12-26(24(31)29(25(32)27-26)18-22-9-6-16-34-22)20-10-13-28(14-11-20)23(30)19-7-5-8-21(17-19)33-15-4-2/h4-5,7-8,17,20,22H,2-3,6,9-16,18H2,1H3,(H,27,32)/t22-,26-/m1/s1. The van der Waals surface area contributed by atoms with Gasteiger partial charge in [-0.25, -0.2) is 4.79 Å². The van der Waals surface area contributed by atoms with E-state index in [2.05, 4.69) is 11.9 Å². The molecule has 1 aromatic carbocycles. The Bertz CT molecular complexity index is 921. The van der Waals surface area contributed by atoms with Crippen molar-refractivity contribution in [3.8, 4) is 5.75 Å². The van der Waals surface area contributed by atoms with Crippen molar-refractivity contribution in [2.75, 3.05) is 32.8 Å². The fourth-order valence-corrected chi connectivity index (χ4v) is 5.48. The first-order chi connectivity index (χ1) is 16.5. The van der Waals surface area contributed by atoms with Crippen LogP contribution >= 0.6 is 0 Å². The van der Waals surface area contributed by atoms with Crippen molar-refractivity contribution < 1.29 is 23.9 Å². The number of rotatable bonds is 9. The monoisotopic (exact) mass is 469 g/mol. The van der Waals surface area contributed by atoms with Gasteiger partial charge < -0.3 is 19.7 Å². The third-order valence-electron chi connectivity index (χ3n) is 7.18. The minimum Gasteiger partial charge on any atom is -0.490 e. The van der Waals surface area contributed by atoms with Crippen molar-refractivity contribution in [1.82, 2.24) is 15.1 Å². The number of urea groups is 1. The van der Waals surface area contributed by atoms with E-state index in [1.54, 1.807) is 18.2 Å². The molecule has 8 heteroatoms. The number of carbonyl (C=O) groups excluding carboxylic acids is 3. The van der Waals surface area contributed by atoms with E-state index in [1.807, 2.05) is 24.0 Å². The lowest BCUT2D eigenvalue weighted by molar-refractivity contribution is -0.135. The minimum atomic E-state index is -0.891. The number of hydrogen-bond donors (Lipinski definition) is 1. The van der Waals surface area contributed by atoms with Crippen molar-refractivity contribution in [3.05, 3.63) is 42.5 Å². The molecule has 0 saturated carbocycles. The number of benzene rings is 1. The third kappa shape index (κ3) is 4.82. The number of piperidine rings is 1. The van der Waals surface area contributed by atoms with E-state index in [-0.39, 0.29) is 29.9 Å². The predicted octanol–water partition coefficient (Wildman–Crippen LogP) is 3.37. The van der Waals surface area contributed by atoms with Gasteiger partial charge in [0.1, 0.15) is 17.9 Å². The van der Waals surface area contributed by atoms with E-state index >= 15 is 0 Å². The molecular formula is C26H35N3O5. The number of ether oxygens (including phenoxy) is 2. The van der Waals surface area contributed by atoms with Crippen LogP contribution in [0.1, 0.15) is 55.8 Å². The van der Waals surface area contributed by atoms with E-state index < -0.39 is 5.54 Å². The molecular weight excluding hydrogens is 434 g/mol. The zero-order valence-corrected chi connectivity index (χ0v) is 20.0. The molecule has 3 heterocycles. The fraction of sp³-hybridized carbons (Fsp3) is 0.577. The van der Waals surface area contributed by atoms with Crippen LogP contribution in [0, 0.1) is 5.92 Å². The van der Waals surface area contributed by atoms with Crippen LogP contribution in [0.3, 0.4) is 0 Å². The second-order valence-corrected chi connectivity index (χ2v) is 9.40. The van der Waals surface area contributed by atoms with Crippen LogP contribution in [0.25, 0.3) is 0 Å². The smallest absolute Gasteiger partial charge is 0.325 e. The quantitative estimate of drug-likeness (QED) is 0.443. The molecule has 3 aliphatic rings. The summed E-state index contributed by atoms with van der Waals surface area (Å²) in [5.41, 5.74) is -0.311. The van der Waals surface area contributed by atoms with Crippen LogP contribution in [0.4, 0.5) is 4.79 Å². The molecule has 0 aromatic heterocycles. The van der Waals surface area contributed by atoms with Gasteiger partial charge in [-0.15, -0.1) is 0 Å². The lowest BCUT2D eigenvalue weighted by Gasteiger charge is -2.41. The van der Waals surface area contributed by atoms with Crippen molar-refractivity contribution in [2.45, 2.75) is 57.1 Å². The van der Waals surface area contributed by atoms with Crippen LogP contribution < -0.4 is 10.1 Å². The molecule has 0 radical (unpaired) electrons. The van der Waals surface area contributed by atoms with Gasteiger partial charge in [-0.05, 0) is 56.2 Å². The lowest BCUT2D eigenvalue weighted by atomic mass is 9.74. The van der Waals surface area contributed by atoms with Gasteiger partial charge in [0.15, 0.2) is 0 Å². The Morgan fingerprint density at radius 2 is 2.09 bits per heavy atom. The van der Waals surface area contributed by atoms with Crippen LogP contribution in [-0.2, 0) is 9.53 Å². The summed E-state index contributed by atoms with van der Waals surface area (Å²) in [5, 5.41) is 3.07. The highest BCUT2D eigenvalue weighted by Gasteiger charge is 2.55. The normalized spacial score (nSPS) is 25.5. The number of nitrogens with one attached hydrogen (secondary N) is 1. The third-order valence-corrected chi connectivity index (χ3v) is 7.18. The number of imide groups is 1. The average molecular weight is 470 g/mol. The Hall–Kier alpha value is -2.87. The summed E-state index contributed by atoms with van der Waals surface area (Å²) < 4.78 is 11.2. The highest BCUT2D eigenvalue weighted by molar-refractivity contribution is 6.07. The first-order valence-electron chi connectivity index (χ1n) is 12.4. The molecule has 0 bridgehead atoms. The summed E-state index contributed by atoms with van der Waals surface area (Å²) in [6.45, 7) is 8.15. The van der Waals surface area contributed by atoms with Gasteiger partial charge in [-0.2, -0.15) is 0 Å². The highest BCUT2D eigenvalue weighted by Crippen LogP contribution is 2.38. The van der Waals surface area contributed by atoms with Crippen molar-refractivity contribution in [1.29, 1.82) is 0 Å². The number of nitrogens with zero attached hydrogens (tertiary/aromatic N) is 2. The molecule has 0 aliphatic carbocycles. The van der Waals surface area contributed by atoms with Gasteiger partial charge in [0.2, 0.25) is 0 Å².